The summed E-state index contributed by atoms with van der Waals surface area (Å²) in [4.78, 5) is 42.8. The van der Waals surface area contributed by atoms with Gasteiger partial charge in [-0.3, -0.25) is 24.7 Å². The number of nitrogens with zero attached hydrogens (tertiary/aromatic N) is 2. The normalized spacial score (nSPS) is 10.6. The van der Waals surface area contributed by atoms with Crippen molar-refractivity contribution >= 4 is 34.1 Å². The van der Waals surface area contributed by atoms with Gasteiger partial charge in [-0.05, 0) is 36.4 Å². The fraction of sp³-hybridized carbons (Fsp3) is 0.0455. The molecule has 2 heterocycles. The lowest BCUT2D eigenvalue weighted by Crippen LogP contribution is -2.23. The summed E-state index contributed by atoms with van der Waals surface area (Å²) in [6.07, 6.45) is 3.14. The molecule has 0 fully saturated rings. The monoisotopic (exact) mass is 415 g/mol. The first-order valence-corrected chi connectivity index (χ1v) is 9.36. The minimum atomic E-state index is -0.513. The highest BCUT2D eigenvalue weighted by Gasteiger charge is 2.16. The Morgan fingerprint density at radius 2 is 1.90 bits per heavy atom. The van der Waals surface area contributed by atoms with Crippen LogP contribution in [0, 0.1) is 10.1 Å². The molecular weight excluding hydrogens is 398 g/mol. The van der Waals surface area contributed by atoms with E-state index in [-0.39, 0.29) is 23.7 Å². The summed E-state index contributed by atoms with van der Waals surface area (Å²) in [7, 11) is 0. The summed E-state index contributed by atoms with van der Waals surface area (Å²) >= 11 is 0. The van der Waals surface area contributed by atoms with Crippen LogP contribution in [0.3, 0.4) is 0 Å². The van der Waals surface area contributed by atoms with Crippen LogP contribution in [0.25, 0.3) is 10.9 Å². The Bertz CT molecular complexity index is 1280. The highest BCUT2D eigenvalue weighted by atomic mass is 16.6. The zero-order valence-electron chi connectivity index (χ0n) is 16.2. The molecular formula is C22H17N5O4. The maximum absolute atomic E-state index is 12.8. The molecule has 0 aliphatic heterocycles. The smallest absolute Gasteiger partial charge is 0.270 e. The number of anilines is 1. The Morgan fingerprint density at radius 3 is 2.68 bits per heavy atom. The molecule has 0 aliphatic rings. The van der Waals surface area contributed by atoms with Gasteiger partial charge >= 0.3 is 0 Å². The number of non-ortho nitro benzene ring substituents is 1. The van der Waals surface area contributed by atoms with Gasteiger partial charge in [-0.1, -0.05) is 12.1 Å². The number of aromatic amines is 1. The number of carbonyl (C=O) groups excluding carboxylic acids is 2. The number of hydrogen-bond donors (Lipinski definition) is 3. The predicted octanol–water partition coefficient (Wildman–Crippen LogP) is 3.65. The average molecular weight is 415 g/mol. The quantitative estimate of drug-likeness (QED) is 0.327. The number of hydrogen-bond acceptors (Lipinski definition) is 5. The van der Waals surface area contributed by atoms with Crippen molar-refractivity contribution in [2.24, 2.45) is 0 Å². The minimum absolute atomic E-state index is 0.104. The lowest BCUT2D eigenvalue weighted by Gasteiger charge is -2.08. The number of rotatable bonds is 6. The Kier molecular flexibility index (Phi) is 5.39. The molecule has 0 saturated heterocycles. The minimum Gasteiger partial charge on any atom is -0.360 e. The molecule has 154 valence electrons. The van der Waals surface area contributed by atoms with E-state index in [1.54, 1.807) is 42.6 Å². The zero-order valence-corrected chi connectivity index (χ0v) is 16.2. The van der Waals surface area contributed by atoms with Gasteiger partial charge in [-0.25, -0.2) is 0 Å². The number of nitro groups is 1. The van der Waals surface area contributed by atoms with Gasteiger partial charge in [0.2, 0.25) is 0 Å². The Hall–Kier alpha value is -4.53. The zero-order chi connectivity index (χ0) is 21.8. The van der Waals surface area contributed by atoms with Crippen LogP contribution in [0.15, 0.2) is 73.1 Å². The number of nitro benzene ring substituents is 1. The highest BCUT2D eigenvalue weighted by molar-refractivity contribution is 6.13. The van der Waals surface area contributed by atoms with Crippen molar-refractivity contribution in [1.82, 2.24) is 15.3 Å². The molecule has 4 aromatic rings. The maximum Gasteiger partial charge on any atom is 0.270 e. The van der Waals surface area contributed by atoms with Gasteiger partial charge in [-0.2, -0.15) is 0 Å². The van der Waals surface area contributed by atoms with Crippen LogP contribution in [0.1, 0.15) is 26.4 Å². The van der Waals surface area contributed by atoms with Crippen LogP contribution in [-0.2, 0) is 6.54 Å². The van der Waals surface area contributed by atoms with Gasteiger partial charge in [0.15, 0.2) is 0 Å². The third kappa shape index (κ3) is 4.40. The first kappa shape index (κ1) is 19.8. The van der Waals surface area contributed by atoms with Crippen molar-refractivity contribution in [2.75, 3.05) is 5.32 Å². The van der Waals surface area contributed by atoms with E-state index >= 15 is 0 Å². The first-order chi connectivity index (χ1) is 15.0. The van der Waals surface area contributed by atoms with E-state index in [4.69, 9.17) is 0 Å². The molecule has 2 aromatic heterocycles. The molecule has 0 spiro atoms. The summed E-state index contributed by atoms with van der Waals surface area (Å²) in [6, 6.07) is 16.2. The van der Waals surface area contributed by atoms with Crippen molar-refractivity contribution < 1.29 is 14.5 Å². The van der Waals surface area contributed by atoms with Gasteiger partial charge < -0.3 is 15.6 Å². The molecule has 0 bridgehead atoms. The molecule has 9 heteroatoms. The summed E-state index contributed by atoms with van der Waals surface area (Å²) in [6.45, 7) is 0.282. The molecule has 9 nitrogen and oxygen atoms in total. The van der Waals surface area contributed by atoms with Gasteiger partial charge in [0.25, 0.3) is 17.5 Å². The van der Waals surface area contributed by atoms with Gasteiger partial charge in [0, 0.05) is 46.7 Å². The Labute approximate surface area is 176 Å². The van der Waals surface area contributed by atoms with Crippen LogP contribution in [0.2, 0.25) is 0 Å². The average Bonchev–Trinajstić information content (AvgIpc) is 3.22. The Morgan fingerprint density at radius 1 is 1.03 bits per heavy atom. The van der Waals surface area contributed by atoms with Gasteiger partial charge in [-0.15, -0.1) is 0 Å². The third-order valence-electron chi connectivity index (χ3n) is 4.66. The second-order valence-corrected chi connectivity index (χ2v) is 6.73. The summed E-state index contributed by atoms with van der Waals surface area (Å²) in [5.41, 5.74) is 2.31. The maximum atomic E-state index is 12.8. The number of aromatic nitrogens is 2. The number of benzene rings is 2. The van der Waals surface area contributed by atoms with Crippen molar-refractivity contribution in [2.45, 2.75) is 6.54 Å². The molecule has 4 rings (SSSR count). The largest absolute Gasteiger partial charge is 0.360 e. The fourth-order valence-electron chi connectivity index (χ4n) is 3.12. The summed E-state index contributed by atoms with van der Waals surface area (Å²) in [5, 5.41) is 17.0. The molecule has 0 saturated carbocycles. The molecule has 0 radical (unpaired) electrons. The number of amides is 2. The van der Waals surface area contributed by atoms with E-state index in [2.05, 4.69) is 20.6 Å². The van der Waals surface area contributed by atoms with E-state index in [0.717, 1.165) is 5.69 Å². The molecule has 2 amide bonds. The lowest BCUT2D eigenvalue weighted by molar-refractivity contribution is -0.384. The molecule has 0 aliphatic carbocycles. The van der Waals surface area contributed by atoms with Crippen LogP contribution >= 0.6 is 0 Å². The molecule has 2 aromatic carbocycles. The van der Waals surface area contributed by atoms with Crippen LogP contribution in [-0.4, -0.2) is 26.7 Å². The van der Waals surface area contributed by atoms with E-state index < -0.39 is 10.8 Å². The van der Waals surface area contributed by atoms with E-state index in [1.165, 1.54) is 18.3 Å². The SMILES string of the molecule is O=C(NCc1ccccn1)c1cccc(NC(=O)c2c[nH]c3ccc([N+](=O)[O-])cc23)c1. The fourth-order valence-corrected chi connectivity index (χ4v) is 3.12. The molecule has 0 unspecified atom stereocenters. The number of carbonyl (C=O) groups is 2. The predicted molar refractivity (Wildman–Crippen MR) is 115 cm³/mol. The first-order valence-electron chi connectivity index (χ1n) is 9.36. The van der Waals surface area contributed by atoms with E-state index in [0.29, 0.717) is 22.2 Å². The van der Waals surface area contributed by atoms with Crippen LogP contribution in [0.4, 0.5) is 11.4 Å². The van der Waals surface area contributed by atoms with Gasteiger partial charge in [0.05, 0.1) is 22.7 Å². The number of pyridine rings is 1. The van der Waals surface area contributed by atoms with Crippen LogP contribution in [0.5, 0.6) is 0 Å². The van der Waals surface area contributed by atoms with Crippen molar-refractivity contribution in [3.05, 3.63) is 100.0 Å². The second-order valence-electron chi connectivity index (χ2n) is 6.73. The van der Waals surface area contributed by atoms with Crippen molar-refractivity contribution in [3.8, 4) is 0 Å². The highest BCUT2D eigenvalue weighted by Crippen LogP contribution is 2.24. The Balaban J connectivity index is 1.49. The molecule has 31 heavy (non-hydrogen) atoms. The van der Waals surface area contributed by atoms with Gasteiger partial charge in [0.1, 0.15) is 0 Å². The standard InChI is InChI=1S/C22H17N5O4/c28-21(25-12-16-5-1-2-9-23-16)14-4-3-6-15(10-14)26-22(29)19-13-24-20-8-7-17(27(30)31)11-18(19)20/h1-11,13,24H,12H2,(H,25,28)(H,26,29). The second kappa shape index (κ2) is 8.46. The summed E-state index contributed by atoms with van der Waals surface area (Å²) < 4.78 is 0. The summed E-state index contributed by atoms with van der Waals surface area (Å²) in [5.74, 6) is -0.748. The van der Waals surface area contributed by atoms with Crippen LogP contribution < -0.4 is 10.6 Å². The molecule has 0 atom stereocenters. The van der Waals surface area contributed by atoms with E-state index in [1.807, 2.05) is 12.1 Å². The van der Waals surface area contributed by atoms with E-state index in [9.17, 15) is 19.7 Å². The topological polar surface area (TPSA) is 130 Å². The van der Waals surface area contributed by atoms with Crippen molar-refractivity contribution in [1.29, 1.82) is 0 Å². The number of nitrogens with one attached hydrogen (secondary N) is 3. The molecule has 3 N–H and O–H groups in total. The van der Waals surface area contributed by atoms with Crippen molar-refractivity contribution in [3.63, 3.8) is 0 Å². The number of fused-ring (bicyclic) bond motifs is 1. The lowest BCUT2D eigenvalue weighted by atomic mass is 10.1. The number of H-pyrrole nitrogens is 1. The third-order valence-corrected chi connectivity index (χ3v) is 4.66.